The van der Waals surface area contributed by atoms with Crippen LogP contribution in [0.2, 0.25) is 0 Å². The molecule has 2 rings (SSSR count). The molecule has 1 unspecified atom stereocenters. The third-order valence-corrected chi connectivity index (χ3v) is 2.75. The summed E-state index contributed by atoms with van der Waals surface area (Å²) in [4.78, 5) is 11.7. The number of hydrogen-bond acceptors (Lipinski definition) is 4. The summed E-state index contributed by atoms with van der Waals surface area (Å²) in [7, 11) is 1.91. The monoisotopic (exact) mass is 245 g/mol. The fraction of sp³-hybridized carbons (Fsp3) is 0.250. The predicted molar refractivity (Wildman–Crippen MR) is 68.3 cm³/mol. The Morgan fingerprint density at radius 1 is 1.33 bits per heavy atom. The third-order valence-electron chi connectivity index (χ3n) is 2.75. The Labute approximate surface area is 105 Å². The van der Waals surface area contributed by atoms with E-state index in [9.17, 15) is 4.79 Å². The van der Waals surface area contributed by atoms with Crippen molar-refractivity contribution >= 4 is 11.6 Å². The van der Waals surface area contributed by atoms with Gasteiger partial charge in [0.1, 0.15) is 0 Å². The van der Waals surface area contributed by atoms with Gasteiger partial charge in [-0.15, -0.1) is 0 Å². The summed E-state index contributed by atoms with van der Waals surface area (Å²) < 4.78 is 0. The van der Waals surface area contributed by atoms with Crippen LogP contribution in [0.5, 0.6) is 0 Å². The van der Waals surface area contributed by atoms with Crippen LogP contribution in [-0.2, 0) is 0 Å². The van der Waals surface area contributed by atoms with Gasteiger partial charge in [-0.05, 0) is 31.7 Å². The molecule has 6 heteroatoms. The second-order valence-corrected chi connectivity index (χ2v) is 3.94. The second-order valence-electron chi connectivity index (χ2n) is 3.94. The maximum atomic E-state index is 11.7. The highest BCUT2D eigenvalue weighted by Crippen LogP contribution is 2.15. The number of nitrogens with one attached hydrogen (secondary N) is 3. The van der Waals surface area contributed by atoms with E-state index < -0.39 is 0 Å². The summed E-state index contributed by atoms with van der Waals surface area (Å²) in [6.07, 6.45) is 1.38. The Bertz CT molecular complexity index is 506. The SMILES string of the molecule is CNC(C)c1ccc(NC(=O)c2cn[nH]n2)cc1. The molecule has 1 aromatic carbocycles. The molecule has 0 spiro atoms. The third kappa shape index (κ3) is 2.72. The largest absolute Gasteiger partial charge is 0.321 e. The fourth-order valence-corrected chi connectivity index (χ4v) is 1.53. The molecule has 0 bridgehead atoms. The maximum absolute atomic E-state index is 11.7. The number of amides is 1. The quantitative estimate of drug-likeness (QED) is 0.759. The summed E-state index contributed by atoms with van der Waals surface area (Å²) in [5.41, 5.74) is 2.16. The average Bonchev–Trinajstić information content (AvgIpc) is 2.92. The standard InChI is InChI=1S/C12H15N5O/c1-8(13-2)9-3-5-10(6-4-9)15-12(18)11-7-14-17-16-11/h3-8,13H,1-2H3,(H,15,18)(H,14,16,17). The van der Waals surface area contributed by atoms with Crippen molar-refractivity contribution in [1.82, 2.24) is 20.7 Å². The number of benzene rings is 1. The van der Waals surface area contributed by atoms with Crippen molar-refractivity contribution in [2.45, 2.75) is 13.0 Å². The lowest BCUT2D eigenvalue weighted by molar-refractivity contribution is 0.102. The van der Waals surface area contributed by atoms with Gasteiger partial charge in [-0.2, -0.15) is 15.4 Å². The number of aromatic amines is 1. The molecule has 0 aliphatic heterocycles. The van der Waals surface area contributed by atoms with Gasteiger partial charge in [-0.25, -0.2) is 0 Å². The first-order chi connectivity index (χ1) is 8.70. The normalized spacial score (nSPS) is 12.1. The molecule has 1 aromatic heterocycles. The molecule has 0 aliphatic carbocycles. The van der Waals surface area contributed by atoms with E-state index in [4.69, 9.17) is 0 Å². The zero-order chi connectivity index (χ0) is 13.0. The molecule has 1 heterocycles. The molecular weight excluding hydrogens is 230 g/mol. The Kier molecular flexibility index (Phi) is 3.69. The zero-order valence-corrected chi connectivity index (χ0v) is 10.3. The van der Waals surface area contributed by atoms with Gasteiger partial charge < -0.3 is 10.6 Å². The van der Waals surface area contributed by atoms with E-state index in [1.54, 1.807) is 0 Å². The maximum Gasteiger partial charge on any atom is 0.277 e. The smallest absolute Gasteiger partial charge is 0.277 e. The lowest BCUT2D eigenvalue weighted by Gasteiger charge is -2.11. The lowest BCUT2D eigenvalue weighted by atomic mass is 10.1. The summed E-state index contributed by atoms with van der Waals surface area (Å²) in [5.74, 6) is -0.279. The number of anilines is 1. The van der Waals surface area contributed by atoms with Crippen molar-refractivity contribution in [3.8, 4) is 0 Å². The molecule has 0 radical (unpaired) electrons. The van der Waals surface area contributed by atoms with Gasteiger partial charge in [0.05, 0.1) is 6.20 Å². The van der Waals surface area contributed by atoms with Gasteiger partial charge >= 0.3 is 0 Å². The average molecular weight is 245 g/mol. The molecule has 6 nitrogen and oxygen atoms in total. The molecule has 0 saturated carbocycles. The van der Waals surface area contributed by atoms with E-state index in [2.05, 4.69) is 33.0 Å². The van der Waals surface area contributed by atoms with E-state index in [1.807, 2.05) is 31.3 Å². The van der Waals surface area contributed by atoms with Crippen molar-refractivity contribution in [3.63, 3.8) is 0 Å². The van der Waals surface area contributed by atoms with E-state index >= 15 is 0 Å². The Balaban J connectivity index is 2.04. The van der Waals surface area contributed by atoms with Crippen molar-refractivity contribution in [2.75, 3.05) is 12.4 Å². The number of nitrogens with zero attached hydrogens (tertiary/aromatic N) is 2. The van der Waals surface area contributed by atoms with E-state index in [0.29, 0.717) is 0 Å². The molecular formula is C12H15N5O. The summed E-state index contributed by atoms with van der Waals surface area (Å²) in [6, 6.07) is 7.95. The fourth-order valence-electron chi connectivity index (χ4n) is 1.53. The van der Waals surface area contributed by atoms with Crippen molar-refractivity contribution in [1.29, 1.82) is 0 Å². The van der Waals surface area contributed by atoms with Crippen LogP contribution in [0.15, 0.2) is 30.5 Å². The van der Waals surface area contributed by atoms with Crippen molar-refractivity contribution in [2.24, 2.45) is 0 Å². The first kappa shape index (κ1) is 12.3. The topological polar surface area (TPSA) is 82.7 Å². The first-order valence-electron chi connectivity index (χ1n) is 5.65. The molecule has 1 atom stereocenters. The molecule has 3 N–H and O–H groups in total. The molecule has 18 heavy (non-hydrogen) atoms. The molecule has 1 amide bonds. The van der Waals surface area contributed by atoms with Crippen LogP contribution >= 0.6 is 0 Å². The van der Waals surface area contributed by atoms with Crippen LogP contribution in [0.25, 0.3) is 0 Å². The predicted octanol–water partition coefficient (Wildman–Crippen LogP) is 1.34. The minimum atomic E-state index is -0.279. The molecule has 0 fully saturated rings. The van der Waals surface area contributed by atoms with Gasteiger partial charge in [0.2, 0.25) is 0 Å². The first-order valence-corrected chi connectivity index (χ1v) is 5.65. The second kappa shape index (κ2) is 5.42. The van der Waals surface area contributed by atoms with Crippen LogP contribution in [-0.4, -0.2) is 28.4 Å². The van der Waals surface area contributed by atoms with Crippen LogP contribution in [0, 0.1) is 0 Å². The highest BCUT2D eigenvalue weighted by Gasteiger charge is 2.09. The van der Waals surface area contributed by atoms with Crippen molar-refractivity contribution in [3.05, 3.63) is 41.7 Å². The Hall–Kier alpha value is -2.21. The Morgan fingerprint density at radius 2 is 2.06 bits per heavy atom. The zero-order valence-electron chi connectivity index (χ0n) is 10.3. The highest BCUT2D eigenvalue weighted by molar-refractivity contribution is 6.02. The van der Waals surface area contributed by atoms with Crippen LogP contribution in [0.1, 0.15) is 29.0 Å². The Morgan fingerprint density at radius 3 is 2.61 bits per heavy atom. The van der Waals surface area contributed by atoms with Crippen LogP contribution in [0.3, 0.4) is 0 Å². The van der Waals surface area contributed by atoms with Crippen molar-refractivity contribution < 1.29 is 4.79 Å². The lowest BCUT2D eigenvalue weighted by Crippen LogP contribution is -2.14. The summed E-state index contributed by atoms with van der Waals surface area (Å²) in [5, 5.41) is 15.6. The number of rotatable bonds is 4. The van der Waals surface area contributed by atoms with E-state index in [1.165, 1.54) is 6.20 Å². The van der Waals surface area contributed by atoms with Gasteiger partial charge in [0, 0.05) is 11.7 Å². The van der Waals surface area contributed by atoms with Crippen LogP contribution < -0.4 is 10.6 Å². The number of aromatic nitrogens is 3. The number of carbonyl (C=O) groups is 1. The van der Waals surface area contributed by atoms with E-state index in [-0.39, 0.29) is 17.6 Å². The number of H-pyrrole nitrogens is 1. The van der Waals surface area contributed by atoms with E-state index in [0.717, 1.165) is 11.3 Å². The van der Waals surface area contributed by atoms with Gasteiger partial charge in [0.15, 0.2) is 5.69 Å². The highest BCUT2D eigenvalue weighted by atomic mass is 16.2. The summed E-state index contributed by atoms with van der Waals surface area (Å²) >= 11 is 0. The molecule has 0 aliphatic rings. The minimum absolute atomic E-state index is 0.266. The minimum Gasteiger partial charge on any atom is -0.321 e. The summed E-state index contributed by atoms with van der Waals surface area (Å²) in [6.45, 7) is 2.07. The van der Waals surface area contributed by atoms with Gasteiger partial charge in [0.25, 0.3) is 5.91 Å². The van der Waals surface area contributed by atoms with Crippen LogP contribution in [0.4, 0.5) is 5.69 Å². The van der Waals surface area contributed by atoms with Gasteiger partial charge in [-0.3, -0.25) is 4.79 Å². The molecule has 2 aromatic rings. The molecule has 94 valence electrons. The number of carbonyl (C=O) groups excluding carboxylic acids is 1. The van der Waals surface area contributed by atoms with Gasteiger partial charge in [-0.1, -0.05) is 12.1 Å². The molecule has 0 saturated heterocycles. The number of hydrogen-bond donors (Lipinski definition) is 3.